The van der Waals surface area contributed by atoms with Crippen LogP contribution in [0.5, 0.6) is 0 Å². The standard InChI is InChI=1S/C23H41N3/c1-18-7-11-20(12-8-18)25-16-23(3,22-6-4-5-15-24-22)17-26-21-13-9-19(2)10-14-21/h4-6,15,18-22,24-26H,7-14,16-17H2,1-3H3. The van der Waals surface area contributed by atoms with Crippen molar-refractivity contribution in [2.45, 2.75) is 90.3 Å². The number of hydrogen-bond acceptors (Lipinski definition) is 3. The van der Waals surface area contributed by atoms with Gasteiger partial charge in [0.2, 0.25) is 0 Å². The van der Waals surface area contributed by atoms with E-state index in [2.05, 4.69) is 61.1 Å². The first-order valence-electron chi connectivity index (χ1n) is 11.1. The van der Waals surface area contributed by atoms with Gasteiger partial charge in [0.05, 0.1) is 6.04 Å². The summed E-state index contributed by atoms with van der Waals surface area (Å²) in [6.07, 6.45) is 19.7. The van der Waals surface area contributed by atoms with E-state index in [4.69, 9.17) is 0 Å². The smallest absolute Gasteiger partial charge is 0.0520 e. The van der Waals surface area contributed by atoms with Crippen molar-refractivity contribution in [3.63, 3.8) is 0 Å². The van der Waals surface area contributed by atoms with E-state index in [9.17, 15) is 0 Å². The van der Waals surface area contributed by atoms with Gasteiger partial charge in [-0.3, -0.25) is 0 Å². The van der Waals surface area contributed by atoms with Gasteiger partial charge in [0.25, 0.3) is 0 Å². The molecule has 1 heterocycles. The number of nitrogens with one attached hydrogen (secondary N) is 3. The summed E-state index contributed by atoms with van der Waals surface area (Å²) in [5, 5.41) is 11.5. The van der Waals surface area contributed by atoms with E-state index in [1.165, 1.54) is 51.4 Å². The number of hydrogen-bond donors (Lipinski definition) is 3. The molecule has 0 aromatic rings. The van der Waals surface area contributed by atoms with Gasteiger partial charge in [0.15, 0.2) is 0 Å². The molecular weight excluding hydrogens is 318 g/mol. The molecule has 3 nitrogen and oxygen atoms in total. The maximum atomic E-state index is 3.94. The lowest BCUT2D eigenvalue weighted by molar-refractivity contribution is 0.194. The van der Waals surface area contributed by atoms with E-state index in [1.54, 1.807) is 0 Å². The summed E-state index contributed by atoms with van der Waals surface area (Å²) in [5.74, 6) is 1.84. The normalized spacial score (nSPS) is 37.1. The Labute approximate surface area is 161 Å². The minimum atomic E-state index is 0.188. The van der Waals surface area contributed by atoms with Crippen molar-refractivity contribution in [3.8, 4) is 0 Å². The fourth-order valence-electron chi connectivity index (χ4n) is 4.84. The Hall–Kier alpha value is -0.800. The molecule has 0 saturated heterocycles. The third-order valence-corrected chi connectivity index (χ3v) is 7.16. The van der Waals surface area contributed by atoms with Crippen LogP contribution in [0.25, 0.3) is 0 Å². The summed E-state index contributed by atoms with van der Waals surface area (Å²) >= 11 is 0. The van der Waals surface area contributed by atoms with Crippen molar-refractivity contribution in [2.75, 3.05) is 13.1 Å². The SMILES string of the molecule is CC1CCC(NCC(C)(CNC2CCC(C)CC2)C2C=CC=CN2)CC1. The second-order valence-electron chi connectivity index (χ2n) is 9.72. The Kier molecular flexibility index (Phi) is 7.22. The molecule has 3 heteroatoms. The molecule has 3 rings (SSSR count). The summed E-state index contributed by atoms with van der Waals surface area (Å²) in [7, 11) is 0. The lowest BCUT2D eigenvalue weighted by Gasteiger charge is -2.41. The second-order valence-corrected chi connectivity index (χ2v) is 9.72. The van der Waals surface area contributed by atoms with Crippen molar-refractivity contribution >= 4 is 0 Å². The third-order valence-electron chi connectivity index (χ3n) is 7.16. The summed E-state index contributed by atoms with van der Waals surface area (Å²) in [4.78, 5) is 0. The fourth-order valence-corrected chi connectivity index (χ4v) is 4.84. The first-order valence-corrected chi connectivity index (χ1v) is 11.1. The highest BCUT2D eigenvalue weighted by Gasteiger charge is 2.34. The van der Waals surface area contributed by atoms with Gasteiger partial charge in [0, 0.05) is 30.6 Å². The molecule has 148 valence electrons. The van der Waals surface area contributed by atoms with Crippen molar-refractivity contribution in [3.05, 3.63) is 24.4 Å². The highest BCUT2D eigenvalue weighted by Crippen LogP contribution is 2.28. The van der Waals surface area contributed by atoms with Crippen LogP contribution in [0.3, 0.4) is 0 Å². The van der Waals surface area contributed by atoms with Gasteiger partial charge in [-0.05, 0) is 75.5 Å². The Morgan fingerprint density at radius 1 is 0.808 bits per heavy atom. The molecule has 0 amide bonds. The summed E-state index contributed by atoms with van der Waals surface area (Å²) in [5.41, 5.74) is 0.188. The van der Waals surface area contributed by atoms with Crippen molar-refractivity contribution < 1.29 is 0 Å². The van der Waals surface area contributed by atoms with Crippen LogP contribution in [0.15, 0.2) is 24.4 Å². The van der Waals surface area contributed by atoms with Gasteiger partial charge in [-0.15, -0.1) is 0 Å². The molecule has 1 atom stereocenters. The largest absolute Gasteiger partial charge is 0.384 e. The monoisotopic (exact) mass is 359 g/mol. The molecule has 0 spiro atoms. The highest BCUT2D eigenvalue weighted by molar-refractivity contribution is 5.16. The van der Waals surface area contributed by atoms with Crippen LogP contribution >= 0.6 is 0 Å². The molecule has 0 aromatic heterocycles. The zero-order chi connectivity index (χ0) is 18.4. The second kappa shape index (κ2) is 9.41. The summed E-state index contributed by atoms with van der Waals surface area (Å²) < 4.78 is 0. The average molecular weight is 360 g/mol. The predicted molar refractivity (Wildman–Crippen MR) is 112 cm³/mol. The summed E-state index contributed by atoms with van der Waals surface area (Å²) in [6, 6.07) is 1.82. The van der Waals surface area contributed by atoms with Crippen LogP contribution in [-0.2, 0) is 0 Å². The van der Waals surface area contributed by atoms with Crippen molar-refractivity contribution in [1.82, 2.24) is 16.0 Å². The van der Waals surface area contributed by atoms with Crippen molar-refractivity contribution in [2.24, 2.45) is 17.3 Å². The first kappa shape index (κ1) is 19.9. The van der Waals surface area contributed by atoms with Gasteiger partial charge < -0.3 is 16.0 Å². The topological polar surface area (TPSA) is 36.1 Å². The molecule has 0 aromatic carbocycles. The summed E-state index contributed by atoms with van der Waals surface area (Å²) in [6.45, 7) is 9.41. The maximum absolute atomic E-state index is 3.94. The van der Waals surface area contributed by atoms with Gasteiger partial charge in [-0.1, -0.05) is 32.9 Å². The Morgan fingerprint density at radius 2 is 1.31 bits per heavy atom. The Balaban J connectivity index is 1.54. The predicted octanol–water partition coefficient (Wildman–Crippen LogP) is 4.37. The van der Waals surface area contributed by atoms with Crippen LogP contribution in [0.1, 0.15) is 72.1 Å². The molecule has 2 saturated carbocycles. The molecule has 26 heavy (non-hydrogen) atoms. The van der Waals surface area contributed by atoms with Crippen LogP contribution in [0.4, 0.5) is 0 Å². The lowest BCUT2D eigenvalue weighted by atomic mass is 9.79. The molecule has 2 fully saturated rings. The van der Waals surface area contributed by atoms with Gasteiger partial charge in [-0.2, -0.15) is 0 Å². The quantitative estimate of drug-likeness (QED) is 0.632. The van der Waals surface area contributed by atoms with Crippen LogP contribution < -0.4 is 16.0 Å². The van der Waals surface area contributed by atoms with Gasteiger partial charge in [-0.25, -0.2) is 0 Å². The average Bonchev–Trinajstić information content (AvgIpc) is 2.68. The Bertz CT molecular complexity index is 442. The van der Waals surface area contributed by atoms with E-state index in [0.717, 1.165) is 24.9 Å². The third kappa shape index (κ3) is 5.60. The van der Waals surface area contributed by atoms with E-state index in [0.29, 0.717) is 18.1 Å². The van der Waals surface area contributed by atoms with E-state index < -0.39 is 0 Å². The first-order chi connectivity index (χ1) is 12.5. The minimum Gasteiger partial charge on any atom is -0.384 e. The number of allylic oxidation sites excluding steroid dienone is 2. The van der Waals surface area contributed by atoms with E-state index in [-0.39, 0.29) is 5.41 Å². The lowest BCUT2D eigenvalue weighted by Crippen LogP contribution is -2.55. The molecule has 2 aliphatic carbocycles. The van der Waals surface area contributed by atoms with Gasteiger partial charge in [0.1, 0.15) is 0 Å². The van der Waals surface area contributed by atoms with Gasteiger partial charge >= 0.3 is 0 Å². The number of rotatable bonds is 7. The molecule has 3 N–H and O–H groups in total. The molecule has 1 aliphatic heterocycles. The molecule has 1 unspecified atom stereocenters. The van der Waals surface area contributed by atoms with Crippen molar-refractivity contribution in [1.29, 1.82) is 0 Å². The van der Waals surface area contributed by atoms with E-state index >= 15 is 0 Å². The highest BCUT2D eigenvalue weighted by atomic mass is 15.0. The molecule has 0 bridgehead atoms. The fraction of sp³-hybridized carbons (Fsp3) is 0.826. The van der Waals surface area contributed by atoms with Crippen LogP contribution in [0.2, 0.25) is 0 Å². The maximum Gasteiger partial charge on any atom is 0.0520 e. The minimum absolute atomic E-state index is 0.188. The zero-order valence-electron chi connectivity index (χ0n) is 17.3. The zero-order valence-corrected chi connectivity index (χ0v) is 17.3. The number of dihydropyridines is 1. The molecular formula is C23H41N3. The van der Waals surface area contributed by atoms with Crippen LogP contribution in [-0.4, -0.2) is 31.2 Å². The van der Waals surface area contributed by atoms with E-state index in [1.807, 2.05) is 0 Å². The Morgan fingerprint density at radius 3 is 1.73 bits per heavy atom. The van der Waals surface area contributed by atoms with Crippen LogP contribution in [0, 0.1) is 17.3 Å². The molecule has 0 radical (unpaired) electrons. The molecule has 3 aliphatic rings.